The minimum atomic E-state index is -4.53. The maximum Gasteiger partial charge on any atom is 0.416 e. The minimum absolute atomic E-state index is 0.000171. The molecule has 0 aliphatic heterocycles. The first-order valence-electron chi connectivity index (χ1n) is 9.26. The van der Waals surface area contributed by atoms with Crippen molar-refractivity contribution in [2.75, 3.05) is 5.32 Å². The molecule has 2 aromatic heterocycles. The monoisotopic (exact) mass is 433 g/mol. The Labute approximate surface area is 174 Å². The SMILES string of the molecule is Cn1cnnc1SCc1cccc(NC(=O)c2cc(C(F)(F)F)cc(C3CC3)n2)c1. The smallest absolute Gasteiger partial charge is 0.321 e. The highest BCUT2D eigenvalue weighted by Crippen LogP contribution is 2.41. The molecule has 0 atom stereocenters. The van der Waals surface area contributed by atoms with Crippen LogP contribution < -0.4 is 5.32 Å². The Morgan fingerprint density at radius 1 is 1.27 bits per heavy atom. The van der Waals surface area contributed by atoms with Crippen LogP contribution in [-0.2, 0) is 19.0 Å². The number of pyridine rings is 1. The van der Waals surface area contributed by atoms with Gasteiger partial charge in [-0.15, -0.1) is 10.2 Å². The van der Waals surface area contributed by atoms with Gasteiger partial charge in [0.05, 0.1) is 5.56 Å². The molecule has 4 rings (SSSR count). The second-order valence-electron chi connectivity index (χ2n) is 7.11. The highest BCUT2D eigenvalue weighted by atomic mass is 32.2. The number of rotatable bonds is 6. The van der Waals surface area contributed by atoms with E-state index in [0.29, 0.717) is 17.1 Å². The van der Waals surface area contributed by atoms with E-state index in [1.54, 1.807) is 29.1 Å². The van der Waals surface area contributed by atoms with Gasteiger partial charge in [-0.2, -0.15) is 13.2 Å². The third-order valence-electron chi connectivity index (χ3n) is 4.62. The first-order valence-corrected chi connectivity index (χ1v) is 10.2. The van der Waals surface area contributed by atoms with E-state index in [1.165, 1.54) is 11.8 Å². The maximum absolute atomic E-state index is 13.2. The van der Waals surface area contributed by atoms with Gasteiger partial charge in [0.1, 0.15) is 12.0 Å². The Morgan fingerprint density at radius 2 is 2.07 bits per heavy atom. The molecule has 3 aromatic rings. The maximum atomic E-state index is 13.2. The zero-order valence-electron chi connectivity index (χ0n) is 16.0. The van der Waals surface area contributed by atoms with Crippen molar-refractivity contribution in [2.45, 2.75) is 35.8 Å². The molecule has 30 heavy (non-hydrogen) atoms. The quantitative estimate of drug-likeness (QED) is 0.573. The van der Waals surface area contributed by atoms with Crippen LogP contribution in [0.4, 0.5) is 18.9 Å². The van der Waals surface area contributed by atoms with E-state index in [-0.39, 0.29) is 11.6 Å². The Bertz CT molecular complexity index is 1080. The zero-order valence-corrected chi connectivity index (χ0v) is 16.8. The summed E-state index contributed by atoms with van der Waals surface area (Å²) in [5, 5.41) is 11.2. The van der Waals surface area contributed by atoms with E-state index in [0.717, 1.165) is 35.7 Å². The van der Waals surface area contributed by atoms with Crippen LogP contribution in [0, 0.1) is 0 Å². The van der Waals surface area contributed by atoms with Gasteiger partial charge in [-0.3, -0.25) is 4.79 Å². The van der Waals surface area contributed by atoms with Gasteiger partial charge in [0, 0.05) is 30.1 Å². The summed E-state index contributed by atoms with van der Waals surface area (Å²) in [5.41, 5.74) is 0.660. The summed E-state index contributed by atoms with van der Waals surface area (Å²) in [4.78, 5) is 16.8. The highest BCUT2D eigenvalue weighted by molar-refractivity contribution is 7.98. The third kappa shape index (κ3) is 4.81. The van der Waals surface area contributed by atoms with Crippen LogP contribution in [0.3, 0.4) is 0 Å². The molecule has 0 spiro atoms. The molecule has 1 aromatic carbocycles. The lowest BCUT2D eigenvalue weighted by molar-refractivity contribution is -0.137. The number of amides is 1. The normalized spacial score (nSPS) is 14.0. The Hall–Kier alpha value is -2.88. The predicted octanol–water partition coefficient (Wildman–Crippen LogP) is 4.65. The molecule has 1 saturated carbocycles. The standard InChI is InChI=1S/C20H18F3N5OS/c1-28-11-24-27-19(28)30-10-12-3-2-4-15(7-12)25-18(29)17-9-14(20(21,22)23)8-16(26-17)13-5-6-13/h2-4,7-9,11,13H,5-6,10H2,1H3,(H,25,29). The Kier molecular flexibility index (Phi) is 5.50. The lowest BCUT2D eigenvalue weighted by Gasteiger charge is -2.12. The highest BCUT2D eigenvalue weighted by Gasteiger charge is 2.35. The Balaban J connectivity index is 1.50. The molecule has 0 unspecified atom stereocenters. The average Bonchev–Trinajstić information content (AvgIpc) is 3.48. The van der Waals surface area contributed by atoms with Crippen LogP contribution in [0.25, 0.3) is 0 Å². The van der Waals surface area contributed by atoms with Crippen molar-refractivity contribution in [3.8, 4) is 0 Å². The number of halogens is 3. The van der Waals surface area contributed by atoms with Gasteiger partial charge < -0.3 is 9.88 Å². The van der Waals surface area contributed by atoms with Gasteiger partial charge in [-0.25, -0.2) is 4.98 Å². The van der Waals surface area contributed by atoms with Crippen LogP contribution >= 0.6 is 11.8 Å². The first-order chi connectivity index (χ1) is 14.3. The molecule has 1 amide bonds. The number of nitrogens with one attached hydrogen (secondary N) is 1. The van der Waals surface area contributed by atoms with Crippen molar-refractivity contribution in [1.29, 1.82) is 0 Å². The number of hydrogen-bond donors (Lipinski definition) is 1. The number of nitrogens with zero attached hydrogens (tertiary/aromatic N) is 4. The van der Waals surface area contributed by atoms with Gasteiger partial charge in [0.25, 0.3) is 5.91 Å². The molecule has 1 aliphatic carbocycles. The molecule has 156 valence electrons. The van der Waals surface area contributed by atoms with Crippen molar-refractivity contribution in [1.82, 2.24) is 19.7 Å². The molecule has 10 heteroatoms. The number of carbonyl (C=O) groups is 1. The van der Waals surface area contributed by atoms with Gasteiger partial charge >= 0.3 is 6.18 Å². The van der Waals surface area contributed by atoms with Crippen molar-refractivity contribution < 1.29 is 18.0 Å². The molecule has 2 heterocycles. The molecule has 0 bridgehead atoms. The van der Waals surface area contributed by atoms with Crippen molar-refractivity contribution in [2.24, 2.45) is 7.05 Å². The number of alkyl halides is 3. The number of anilines is 1. The topological polar surface area (TPSA) is 72.7 Å². The van der Waals surface area contributed by atoms with E-state index in [4.69, 9.17) is 0 Å². The van der Waals surface area contributed by atoms with Gasteiger partial charge in [0.2, 0.25) is 0 Å². The predicted molar refractivity (Wildman–Crippen MR) is 106 cm³/mol. The van der Waals surface area contributed by atoms with Crippen molar-refractivity contribution >= 4 is 23.4 Å². The molecular weight excluding hydrogens is 415 g/mol. The number of carbonyl (C=O) groups excluding carboxylic acids is 1. The lowest BCUT2D eigenvalue weighted by atomic mass is 10.1. The largest absolute Gasteiger partial charge is 0.416 e. The fraction of sp³-hybridized carbons (Fsp3) is 0.300. The van der Waals surface area contributed by atoms with E-state index < -0.39 is 17.6 Å². The van der Waals surface area contributed by atoms with Crippen LogP contribution in [-0.4, -0.2) is 25.7 Å². The Morgan fingerprint density at radius 3 is 2.73 bits per heavy atom. The van der Waals surface area contributed by atoms with Gasteiger partial charge in [-0.05, 0) is 42.7 Å². The van der Waals surface area contributed by atoms with E-state index >= 15 is 0 Å². The fourth-order valence-electron chi connectivity index (χ4n) is 2.91. The number of benzene rings is 1. The molecule has 1 N–H and O–H groups in total. The lowest BCUT2D eigenvalue weighted by Crippen LogP contribution is -2.17. The average molecular weight is 433 g/mol. The fourth-order valence-corrected chi connectivity index (χ4v) is 3.74. The van der Waals surface area contributed by atoms with Crippen molar-refractivity contribution in [3.63, 3.8) is 0 Å². The molecule has 0 saturated heterocycles. The molecule has 0 radical (unpaired) electrons. The third-order valence-corrected chi connectivity index (χ3v) is 5.73. The molecule has 6 nitrogen and oxygen atoms in total. The number of hydrogen-bond acceptors (Lipinski definition) is 5. The summed E-state index contributed by atoms with van der Waals surface area (Å²) < 4.78 is 41.5. The van der Waals surface area contributed by atoms with Gasteiger partial charge in [0.15, 0.2) is 5.16 Å². The zero-order chi connectivity index (χ0) is 21.3. The summed E-state index contributed by atoms with van der Waals surface area (Å²) in [6.45, 7) is 0. The summed E-state index contributed by atoms with van der Waals surface area (Å²) in [5.74, 6) is -0.0647. The molecule has 1 aliphatic rings. The van der Waals surface area contributed by atoms with Crippen LogP contribution in [0.5, 0.6) is 0 Å². The number of aryl methyl sites for hydroxylation is 1. The number of thioether (sulfide) groups is 1. The van der Waals surface area contributed by atoms with Crippen LogP contribution in [0.2, 0.25) is 0 Å². The summed E-state index contributed by atoms with van der Waals surface area (Å²) in [6.07, 6.45) is -1.34. The first kappa shape index (κ1) is 20.4. The van der Waals surface area contributed by atoms with Crippen molar-refractivity contribution in [3.05, 3.63) is 65.2 Å². The summed E-state index contributed by atoms with van der Waals surface area (Å²) in [7, 11) is 1.84. The minimum Gasteiger partial charge on any atom is -0.321 e. The second kappa shape index (κ2) is 8.10. The van der Waals surface area contributed by atoms with E-state index in [1.807, 2.05) is 13.1 Å². The molecular formula is C20H18F3N5OS. The van der Waals surface area contributed by atoms with Crippen LogP contribution in [0.15, 0.2) is 47.9 Å². The van der Waals surface area contributed by atoms with Gasteiger partial charge in [-0.1, -0.05) is 23.9 Å². The van der Waals surface area contributed by atoms with E-state index in [2.05, 4.69) is 20.5 Å². The molecule has 1 fully saturated rings. The number of aromatic nitrogens is 4. The summed E-state index contributed by atoms with van der Waals surface area (Å²) >= 11 is 1.49. The summed E-state index contributed by atoms with van der Waals surface area (Å²) in [6, 6.07) is 8.97. The van der Waals surface area contributed by atoms with Crippen LogP contribution in [0.1, 0.15) is 46.1 Å². The second-order valence-corrected chi connectivity index (χ2v) is 8.05. The van der Waals surface area contributed by atoms with E-state index in [9.17, 15) is 18.0 Å².